The second-order valence-electron chi connectivity index (χ2n) is 5.72. The molecule has 0 rings (SSSR count). The van der Waals surface area contributed by atoms with Gasteiger partial charge in [-0.3, -0.25) is 14.4 Å². The number of rotatable bonds is 9. The maximum atomic E-state index is 10.9. The fourth-order valence-corrected chi connectivity index (χ4v) is 1.28. The van der Waals surface area contributed by atoms with E-state index in [0.717, 1.165) is 19.3 Å². The van der Waals surface area contributed by atoms with Crippen molar-refractivity contribution in [1.29, 1.82) is 0 Å². The van der Waals surface area contributed by atoms with Crippen LogP contribution in [0.4, 0.5) is 0 Å². The Morgan fingerprint density at radius 1 is 0.960 bits per heavy atom. The molecule has 1 N–H and O–H groups in total. The summed E-state index contributed by atoms with van der Waals surface area (Å²) in [5, 5.41) is 11.4. The topological polar surface area (TPSA) is 120 Å². The molecule has 0 radical (unpaired) electrons. The van der Waals surface area contributed by atoms with Gasteiger partial charge >= 0.3 is 5.97 Å². The predicted octanol–water partition coefficient (Wildman–Crippen LogP) is 4.87. The third kappa shape index (κ3) is 18.6. The number of azide groups is 1. The Morgan fingerprint density at radius 2 is 1.36 bits per heavy atom. The minimum atomic E-state index is -0.706. The number of nitrogens with zero attached hydrogens (tertiary/aromatic N) is 3. The van der Waals surface area contributed by atoms with E-state index in [4.69, 9.17) is 22.2 Å². The maximum Gasteiger partial charge on any atom is 0.306 e. The number of carboxylic acids is 1. The Balaban J connectivity index is -0.000000296. The monoisotopic (exact) mass is 377 g/mol. The summed E-state index contributed by atoms with van der Waals surface area (Å²) in [6.45, 7) is 11.2. The van der Waals surface area contributed by atoms with Crippen molar-refractivity contribution in [1.82, 2.24) is 0 Å². The highest BCUT2D eigenvalue weighted by molar-refractivity contribution is 6.27. The second-order valence-corrected chi connectivity index (χ2v) is 5.99. The highest BCUT2D eigenvalue weighted by Gasteiger charge is 2.08. The molecule has 25 heavy (non-hydrogen) atoms. The van der Waals surface area contributed by atoms with Crippen molar-refractivity contribution in [3.63, 3.8) is 0 Å². The van der Waals surface area contributed by atoms with Crippen LogP contribution in [0.1, 0.15) is 60.8 Å². The average Bonchev–Trinajstić information content (AvgIpc) is 2.63. The van der Waals surface area contributed by atoms with Crippen molar-refractivity contribution in [3.8, 4) is 0 Å². The van der Waals surface area contributed by atoms with E-state index in [9.17, 15) is 14.4 Å². The van der Waals surface area contributed by atoms with Gasteiger partial charge in [0.1, 0.15) is 11.6 Å². The third-order valence-electron chi connectivity index (χ3n) is 3.78. The third-order valence-corrected chi connectivity index (χ3v) is 4.04. The first-order chi connectivity index (χ1) is 11.6. The molecule has 7 nitrogen and oxygen atoms in total. The number of carboxylic acid groups (broad SMARTS) is 1. The number of halogens is 1. The highest BCUT2D eigenvalue weighted by atomic mass is 35.5. The molecule has 0 bridgehead atoms. The zero-order chi connectivity index (χ0) is 20.4. The fourth-order valence-electron chi connectivity index (χ4n) is 1.02. The van der Waals surface area contributed by atoms with Crippen LogP contribution >= 0.6 is 11.6 Å². The molecule has 0 spiro atoms. The molecular weight excluding hydrogens is 346 g/mol. The van der Waals surface area contributed by atoms with Gasteiger partial charge in [-0.25, -0.2) is 0 Å². The molecule has 8 heteroatoms. The largest absolute Gasteiger partial charge is 0.481 e. The van der Waals surface area contributed by atoms with Gasteiger partial charge in [0.25, 0.3) is 0 Å². The Bertz CT molecular complexity index is 438. The standard InChI is InChI=1S/C6H11ClO.C6H11N3O.C5H10O2/c1-3-5(2)6(8)4-7;1-3-5(2)6(10)4-8-9-7;1-3-4(2)5(6)7/h5H,3-4H2,1-2H3;5H,3-4H2,1-2H3;4H,3H2,1-2H3,(H,6,7). The van der Waals surface area contributed by atoms with Crippen molar-refractivity contribution < 1.29 is 19.5 Å². The van der Waals surface area contributed by atoms with Gasteiger partial charge < -0.3 is 5.11 Å². The van der Waals surface area contributed by atoms with Crippen molar-refractivity contribution in [3.05, 3.63) is 10.4 Å². The van der Waals surface area contributed by atoms with Crippen LogP contribution in [-0.4, -0.2) is 35.1 Å². The second kappa shape index (κ2) is 18.7. The smallest absolute Gasteiger partial charge is 0.306 e. The molecule has 3 unspecified atom stereocenters. The number of aliphatic carboxylic acids is 1. The first kappa shape index (κ1) is 28.2. The molecule has 0 aliphatic rings. The van der Waals surface area contributed by atoms with Crippen molar-refractivity contribution in [2.75, 3.05) is 12.4 Å². The van der Waals surface area contributed by atoms with Crippen LogP contribution in [0.15, 0.2) is 5.11 Å². The summed E-state index contributed by atoms with van der Waals surface area (Å²) < 4.78 is 0. The molecule has 0 amide bonds. The fraction of sp³-hybridized carbons (Fsp3) is 0.824. The van der Waals surface area contributed by atoms with E-state index in [-0.39, 0.29) is 41.7 Å². The van der Waals surface area contributed by atoms with Crippen LogP contribution < -0.4 is 0 Å². The van der Waals surface area contributed by atoms with Gasteiger partial charge in [-0.05, 0) is 24.8 Å². The van der Waals surface area contributed by atoms with Crippen molar-refractivity contribution in [2.45, 2.75) is 60.8 Å². The predicted molar refractivity (Wildman–Crippen MR) is 101 cm³/mol. The lowest BCUT2D eigenvalue weighted by Gasteiger charge is -2.02. The van der Waals surface area contributed by atoms with Crippen LogP contribution in [0.25, 0.3) is 10.4 Å². The Hall–Kier alpha value is -1.59. The lowest BCUT2D eigenvalue weighted by Crippen LogP contribution is -2.12. The number of carbonyl (C=O) groups is 3. The Labute approximate surface area is 155 Å². The first-order valence-corrected chi connectivity index (χ1v) is 9.01. The molecule has 0 aromatic carbocycles. The van der Waals surface area contributed by atoms with E-state index in [1.165, 1.54) is 0 Å². The summed E-state index contributed by atoms with van der Waals surface area (Å²) in [4.78, 5) is 33.9. The summed E-state index contributed by atoms with van der Waals surface area (Å²) in [6, 6.07) is 0. The van der Waals surface area contributed by atoms with Gasteiger partial charge in [0.2, 0.25) is 0 Å². The van der Waals surface area contributed by atoms with Crippen molar-refractivity contribution >= 4 is 29.1 Å². The lowest BCUT2D eigenvalue weighted by atomic mass is 10.0. The van der Waals surface area contributed by atoms with E-state index in [0.29, 0.717) is 0 Å². The molecule has 0 saturated carbocycles. The lowest BCUT2D eigenvalue weighted by molar-refractivity contribution is -0.141. The molecule has 0 aliphatic carbocycles. The number of Topliss-reactive ketones (excluding diaryl/α,β-unsaturated/α-hetero) is 2. The van der Waals surface area contributed by atoms with Crippen molar-refractivity contribution in [2.24, 2.45) is 22.9 Å². The molecular formula is C17H32ClN3O4. The van der Waals surface area contributed by atoms with E-state index in [1.54, 1.807) is 6.92 Å². The molecule has 3 atom stereocenters. The molecule has 146 valence electrons. The SMILES string of the molecule is CCC(C)C(=O)CCl.CCC(C)C(=O)CN=[N+]=[N-].CCC(C)C(=O)O. The van der Waals surface area contributed by atoms with Gasteiger partial charge in [-0.1, -0.05) is 46.7 Å². The van der Waals surface area contributed by atoms with Crippen LogP contribution in [0, 0.1) is 17.8 Å². The van der Waals surface area contributed by atoms with E-state index < -0.39 is 5.97 Å². The Morgan fingerprint density at radius 3 is 1.56 bits per heavy atom. The zero-order valence-corrected chi connectivity index (χ0v) is 16.9. The number of carbonyl (C=O) groups excluding carboxylic acids is 2. The number of hydrogen-bond acceptors (Lipinski definition) is 4. The van der Waals surface area contributed by atoms with E-state index >= 15 is 0 Å². The van der Waals surface area contributed by atoms with Crippen LogP contribution in [0.3, 0.4) is 0 Å². The highest BCUT2D eigenvalue weighted by Crippen LogP contribution is 2.02. The minimum absolute atomic E-state index is 0.00843. The summed E-state index contributed by atoms with van der Waals surface area (Å²) in [7, 11) is 0. The van der Waals surface area contributed by atoms with Gasteiger partial charge in [-0.15, -0.1) is 11.6 Å². The summed E-state index contributed by atoms with van der Waals surface area (Å²) in [5.74, 6) is -0.399. The van der Waals surface area contributed by atoms with Gasteiger partial charge in [-0.2, -0.15) is 0 Å². The van der Waals surface area contributed by atoms with Gasteiger partial charge in [0, 0.05) is 16.7 Å². The van der Waals surface area contributed by atoms with E-state index in [2.05, 4.69) is 10.0 Å². The molecule has 0 saturated heterocycles. The number of alkyl halides is 1. The molecule has 0 aliphatic heterocycles. The summed E-state index contributed by atoms with van der Waals surface area (Å²) >= 11 is 5.28. The maximum absolute atomic E-state index is 10.9. The molecule has 0 fully saturated rings. The summed E-state index contributed by atoms with van der Waals surface area (Å²) in [6.07, 6.45) is 2.42. The van der Waals surface area contributed by atoms with Gasteiger partial charge in [0.05, 0.1) is 18.3 Å². The van der Waals surface area contributed by atoms with Crippen LogP contribution in [0.2, 0.25) is 0 Å². The van der Waals surface area contributed by atoms with Gasteiger partial charge in [0.15, 0.2) is 0 Å². The minimum Gasteiger partial charge on any atom is -0.481 e. The summed E-state index contributed by atoms with van der Waals surface area (Å²) in [5.41, 5.74) is 7.88. The molecule has 0 aromatic heterocycles. The Kier molecular flexibility index (Phi) is 21.2. The molecule has 0 heterocycles. The van der Waals surface area contributed by atoms with Crippen LogP contribution in [0.5, 0.6) is 0 Å². The average molecular weight is 378 g/mol. The van der Waals surface area contributed by atoms with Crippen LogP contribution in [-0.2, 0) is 14.4 Å². The quantitative estimate of drug-likeness (QED) is 0.266. The zero-order valence-electron chi connectivity index (χ0n) is 16.2. The van der Waals surface area contributed by atoms with E-state index in [1.807, 2.05) is 34.6 Å². The normalized spacial score (nSPS) is 12.8. The number of ketones is 2. The molecule has 0 aromatic rings. The number of hydrogen-bond donors (Lipinski definition) is 1. The first-order valence-electron chi connectivity index (χ1n) is 8.47.